The van der Waals surface area contributed by atoms with Gasteiger partial charge in [-0.3, -0.25) is 9.42 Å². The molecule has 0 radical (unpaired) electrons. The molecule has 8 N–H and O–H groups in total. The minimum absolute atomic E-state index is 0.694. The van der Waals surface area contributed by atoms with Crippen molar-refractivity contribution in [1.29, 1.82) is 0 Å². The number of phosphoric ester groups is 1. The molecule has 0 saturated carbocycles. The van der Waals surface area contributed by atoms with Gasteiger partial charge in [-0.05, 0) is 13.0 Å². The topological polar surface area (TPSA) is 257 Å². The molecule has 2 heterocycles. The molecule has 2 amide bonds. The smallest absolute Gasteiger partial charge is 0.387 e. The quantitative estimate of drug-likeness (QED) is 0.176. The van der Waals surface area contributed by atoms with Crippen molar-refractivity contribution >= 4 is 29.5 Å². The van der Waals surface area contributed by atoms with Gasteiger partial charge in [-0.15, -0.1) is 0 Å². The number of hydrogen-bond donors (Lipinski definition) is 7. The molecule has 180 valence electrons. The highest BCUT2D eigenvalue weighted by atomic mass is 31.3. The molecule has 0 aromatic carbocycles. The molecule has 0 aromatic heterocycles. The lowest BCUT2D eigenvalue weighted by atomic mass is 10.1. The average Bonchev–Trinajstić information content (AvgIpc) is 2.84. The lowest BCUT2D eigenvalue weighted by Gasteiger charge is -2.36. The number of urea groups is 1. The number of nitrogens with one attached hydrogen (secondary N) is 1. The summed E-state index contributed by atoms with van der Waals surface area (Å²) in [7, 11) is -15.5. The number of carbonyl (C=O) groups is 1. The molecule has 3 unspecified atom stereocenters. The van der Waals surface area contributed by atoms with Crippen LogP contribution in [0.15, 0.2) is 12.3 Å². The Morgan fingerprint density at radius 2 is 1.84 bits per heavy atom. The van der Waals surface area contributed by atoms with E-state index in [0.717, 1.165) is 4.90 Å². The number of hydrogen-bond acceptors (Lipinski definition) is 11. The maximum absolute atomic E-state index is 12.3. The Hall–Kier alpha value is -0.740. The zero-order valence-corrected chi connectivity index (χ0v) is 18.6. The number of carbonyl (C=O) groups excluding carboxylic acids is 1. The van der Waals surface area contributed by atoms with E-state index in [2.05, 4.69) is 18.5 Å². The second-order valence-electron chi connectivity index (χ2n) is 6.58. The van der Waals surface area contributed by atoms with Crippen LogP contribution in [0.1, 0.15) is 6.92 Å². The number of aliphatic hydroxyl groups is 1. The molecule has 1 saturated heterocycles. The fraction of sp³-hybridized carbons (Fsp3) is 0.727. The van der Waals surface area contributed by atoms with E-state index < -0.39 is 66.3 Å². The van der Waals surface area contributed by atoms with E-state index in [4.69, 9.17) is 29.9 Å². The van der Waals surface area contributed by atoms with Gasteiger partial charge in [0.05, 0.1) is 6.61 Å². The summed E-state index contributed by atoms with van der Waals surface area (Å²) in [5, 5.41) is 12.8. The maximum Gasteiger partial charge on any atom is 0.490 e. The first-order valence-corrected chi connectivity index (χ1v) is 12.7. The lowest BCUT2D eigenvalue weighted by Crippen LogP contribution is -2.61. The first-order chi connectivity index (χ1) is 14.0. The largest absolute Gasteiger partial charge is 0.490 e. The van der Waals surface area contributed by atoms with Crippen molar-refractivity contribution in [2.75, 3.05) is 13.7 Å². The van der Waals surface area contributed by atoms with E-state index >= 15 is 0 Å². The van der Waals surface area contributed by atoms with E-state index in [0.29, 0.717) is 0 Å². The Morgan fingerprint density at radius 3 is 2.35 bits per heavy atom. The third-order valence-electron chi connectivity index (χ3n) is 3.87. The van der Waals surface area contributed by atoms with Crippen LogP contribution in [0.5, 0.6) is 0 Å². The number of methoxy groups -OCH3 is 1. The minimum Gasteiger partial charge on any atom is -0.387 e. The molecular formula is C11H22N3O14P3. The van der Waals surface area contributed by atoms with Crippen LogP contribution in [0.25, 0.3) is 0 Å². The van der Waals surface area contributed by atoms with Gasteiger partial charge in [0.25, 0.3) is 0 Å². The monoisotopic (exact) mass is 513 g/mol. The van der Waals surface area contributed by atoms with Gasteiger partial charge >= 0.3 is 29.5 Å². The predicted octanol–water partition coefficient (Wildman–Crippen LogP) is -1.36. The van der Waals surface area contributed by atoms with Crippen molar-refractivity contribution in [1.82, 2.24) is 10.2 Å². The van der Waals surface area contributed by atoms with Gasteiger partial charge in [-0.2, -0.15) is 8.62 Å². The van der Waals surface area contributed by atoms with E-state index in [1.807, 2.05) is 0 Å². The zero-order chi connectivity index (χ0) is 23.8. The Labute approximate surface area is 175 Å². The molecule has 2 aliphatic heterocycles. The summed E-state index contributed by atoms with van der Waals surface area (Å²) in [5.74, 6) is 0. The molecule has 17 nitrogen and oxygen atoms in total. The predicted molar refractivity (Wildman–Crippen MR) is 97.4 cm³/mol. The van der Waals surface area contributed by atoms with E-state index in [9.17, 15) is 28.5 Å². The molecule has 0 bridgehead atoms. The standard InChI is InChI=1S/C11H22N3O14P3/c1-11(12)3-4-14(10(16)13-11)9-8(24-2)7(15)6(26-9)5-25-30(20,21)28-31(22,23)27-29(17,18)19/h3-4,6-9,15H,5,12H2,1-2H3,(H,13,16)(H,20,21)(H,22,23)(H2,17,18,19)/t6-,7-,8-,9-,11?/m1/s1. The molecule has 31 heavy (non-hydrogen) atoms. The van der Waals surface area contributed by atoms with Crippen LogP contribution in [0.3, 0.4) is 0 Å². The van der Waals surface area contributed by atoms with E-state index in [1.54, 1.807) is 0 Å². The Morgan fingerprint density at radius 1 is 1.23 bits per heavy atom. The number of phosphoric acid groups is 3. The first-order valence-electron chi connectivity index (χ1n) is 8.19. The fourth-order valence-electron chi connectivity index (χ4n) is 2.65. The number of nitrogens with zero attached hydrogens (tertiary/aromatic N) is 1. The second kappa shape index (κ2) is 9.25. The van der Waals surface area contributed by atoms with Crippen molar-refractivity contribution in [2.45, 2.75) is 37.1 Å². The summed E-state index contributed by atoms with van der Waals surface area (Å²) >= 11 is 0. The molecule has 20 heteroatoms. The van der Waals surface area contributed by atoms with Crippen molar-refractivity contribution in [3.8, 4) is 0 Å². The average molecular weight is 513 g/mol. The first kappa shape index (κ1) is 26.5. The van der Waals surface area contributed by atoms with Crippen molar-refractivity contribution in [2.24, 2.45) is 5.73 Å². The molecule has 2 rings (SSSR count). The fourth-order valence-corrected chi connectivity index (χ4v) is 5.68. The van der Waals surface area contributed by atoms with Crippen molar-refractivity contribution in [3.05, 3.63) is 12.3 Å². The summed E-state index contributed by atoms with van der Waals surface area (Å²) in [6.07, 6.45) is -2.56. The maximum atomic E-state index is 12.3. The van der Waals surface area contributed by atoms with Crippen LogP contribution in [0.4, 0.5) is 4.79 Å². The molecule has 2 aliphatic rings. The molecule has 0 aliphatic carbocycles. The molecule has 0 spiro atoms. The van der Waals surface area contributed by atoms with E-state index in [-0.39, 0.29) is 0 Å². The van der Waals surface area contributed by atoms with Crippen LogP contribution in [-0.4, -0.2) is 79.5 Å². The number of aliphatic hydroxyl groups excluding tert-OH is 1. The zero-order valence-electron chi connectivity index (χ0n) is 15.9. The number of ether oxygens (including phenoxy) is 2. The summed E-state index contributed by atoms with van der Waals surface area (Å²) in [6.45, 7) is 0.595. The Kier molecular flexibility index (Phi) is 7.91. The highest BCUT2D eigenvalue weighted by Gasteiger charge is 2.50. The van der Waals surface area contributed by atoms with Gasteiger partial charge in [-0.1, -0.05) is 0 Å². The van der Waals surface area contributed by atoms with Crippen LogP contribution in [0.2, 0.25) is 0 Å². The Bertz CT molecular complexity index is 860. The van der Waals surface area contributed by atoms with Crippen LogP contribution in [-0.2, 0) is 36.3 Å². The highest BCUT2D eigenvalue weighted by molar-refractivity contribution is 7.66. The molecule has 0 aromatic rings. The summed E-state index contributed by atoms with van der Waals surface area (Å²) < 4.78 is 56.0. The lowest BCUT2D eigenvalue weighted by molar-refractivity contribution is -0.0737. The van der Waals surface area contributed by atoms with Gasteiger partial charge in [0.2, 0.25) is 0 Å². The van der Waals surface area contributed by atoms with Crippen LogP contribution in [0, 0.1) is 0 Å². The second-order valence-corrected chi connectivity index (χ2v) is 11.0. The molecule has 1 fully saturated rings. The summed E-state index contributed by atoms with van der Waals surface area (Å²) in [6, 6.07) is -0.694. The SMILES string of the molecule is CO[C@@H]1[C@H](O)[C@@H](COP(=O)(O)OP(=O)(O)OP(=O)(O)O)O[C@H]1N1C=CC(C)(N)NC1=O. The van der Waals surface area contributed by atoms with Gasteiger partial charge in [0, 0.05) is 13.3 Å². The van der Waals surface area contributed by atoms with Crippen molar-refractivity contribution < 1.29 is 65.8 Å². The van der Waals surface area contributed by atoms with Gasteiger partial charge in [-0.25, -0.2) is 18.5 Å². The van der Waals surface area contributed by atoms with Gasteiger partial charge < -0.3 is 45.2 Å². The summed E-state index contributed by atoms with van der Waals surface area (Å²) in [5.41, 5.74) is 4.64. The third kappa shape index (κ3) is 7.39. The van der Waals surface area contributed by atoms with E-state index in [1.165, 1.54) is 26.3 Å². The minimum atomic E-state index is -5.70. The number of rotatable bonds is 9. The molecule has 7 atom stereocenters. The van der Waals surface area contributed by atoms with Gasteiger partial charge in [0.1, 0.15) is 24.0 Å². The normalized spacial score (nSPS) is 35.5. The third-order valence-corrected chi connectivity index (χ3v) is 7.67. The highest BCUT2D eigenvalue weighted by Crippen LogP contribution is 2.66. The summed E-state index contributed by atoms with van der Waals surface area (Å²) in [4.78, 5) is 48.9. The Balaban J connectivity index is 2.06. The number of nitrogens with two attached hydrogens (primary N) is 1. The van der Waals surface area contributed by atoms with Crippen LogP contribution >= 0.6 is 23.5 Å². The van der Waals surface area contributed by atoms with Gasteiger partial charge in [0.15, 0.2) is 6.23 Å². The van der Waals surface area contributed by atoms with Crippen LogP contribution < -0.4 is 11.1 Å². The van der Waals surface area contributed by atoms with Crippen molar-refractivity contribution in [3.63, 3.8) is 0 Å². The molecular weight excluding hydrogens is 491 g/mol. The number of amides is 2.